The lowest BCUT2D eigenvalue weighted by Crippen LogP contribution is -1.86. The van der Waals surface area contributed by atoms with Crippen LogP contribution in [0.25, 0.3) is 0 Å². The molecule has 0 aliphatic heterocycles. The van der Waals surface area contributed by atoms with Gasteiger partial charge in [-0.1, -0.05) is 6.92 Å². The fourth-order valence-electron chi connectivity index (χ4n) is 0.850. The molecule has 0 saturated heterocycles. The Morgan fingerprint density at radius 2 is 2.50 bits per heavy atom. The van der Waals surface area contributed by atoms with E-state index in [1.54, 1.807) is 6.20 Å². The standard InChI is InChI=1S/C7H12N2O/c1-2-3-7-8-4-6(5-10)9-7/h4,10H,2-3,5H2,1H3,(H,8,9). The Morgan fingerprint density at radius 3 is 3.00 bits per heavy atom. The van der Waals surface area contributed by atoms with E-state index in [-0.39, 0.29) is 6.61 Å². The summed E-state index contributed by atoms with van der Waals surface area (Å²) in [6.45, 7) is 2.13. The van der Waals surface area contributed by atoms with Crippen molar-refractivity contribution in [1.82, 2.24) is 9.97 Å². The van der Waals surface area contributed by atoms with Gasteiger partial charge < -0.3 is 10.1 Å². The summed E-state index contributed by atoms with van der Waals surface area (Å²) in [6.07, 6.45) is 3.78. The van der Waals surface area contributed by atoms with Crippen molar-refractivity contribution in [3.05, 3.63) is 17.7 Å². The smallest absolute Gasteiger partial charge is 0.106 e. The number of H-pyrrole nitrogens is 1. The lowest BCUT2D eigenvalue weighted by atomic mass is 10.3. The van der Waals surface area contributed by atoms with Gasteiger partial charge >= 0.3 is 0 Å². The fourth-order valence-corrected chi connectivity index (χ4v) is 0.850. The molecule has 1 heterocycles. The minimum atomic E-state index is 0.0280. The summed E-state index contributed by atoms with van der Waals surface area (Å²) < 4.78 is 0. The SMILES string of the molecule is CCCc1nc(CO)c[nH]1. The Bertz CT molecular complexity index is 195. The van der Waals surface area contributed by atoms with Crippen molar-refractivity contribution in [2.75, 3.05) is 0 Å². The van der Waals surface area contributed by atoms with Crippen LogP contribution in [0.15, 0.2) is 6.20 Å². The van der Waals surface area contributed by atoms with Crippen molar-refractivity contribution in [3.8, 4) is 0 Å². The van der Waals surface area contributed by atoms with Gasteiger partial charge in [-0.2, -0.15) is 0 Å². The summed E-state index contributed by atoms with van der Waals surface area (Å²) in [5.74, 6) is 0.964. The van der Waals surface area contributed by atoms with E-state index in [0.29, 0.717) is 0 Å². The van der Waals surface area contributed by atoms with Crippen molar-refractivity contribution >= 4 is 0 Å². The molecule has 1 aromatic rings. The molecule has 0 aliphatic rings. The van der Waals surface area contributed by atoms with E-state index in [1.807, 2.05) is 0 Å². The van der Waals surface area contributed by atoms with Gasteiger partial charge in [0.2, 0.25) is 0 Å². The molecular formula is C7H12N2O. The maximum atomic E-state index is 8.64. The summed E-state index contributed by atoms with van der Waals surface area (Å²) >= 11 is 0. The predicted molar refractivity (Wildman–Crippen MR) is 38.5 cm³/mol. The number of nitrogens with zero attached hydrogens (tertiary/aromatic N) is 1. The summed E-state index contributed by atoms with van der Waals surface area (Å²) in [6, 6.07) is 0. The zero-order valence-electron chi connectivity index (χ0n) is 6.09. The van der Waals surface area contributed by atoms with Crippen molar-refractivity contribution in [2.45, 2.75) is 26.4 Å². The quantitative estimate of drug-likeness (QED) is 0.654. The van der Waals surface area contributed by atoms with E-state index in [0.717, 1.165) is 24.4 Å². The van der Waals surface area contributed by atoms with Crippen LogP contribution in [0.3, 0.4) is 0 Å². The number of rotatable bonds is 3. The number of hydrogen-bond acceptors (Lipinski definition) is 2. The van der Waals surface area contributed by atoms with Crippen LogP contribution in [0.2, 0.25) is 0 Å². The van der Waals surface area contributed by atoms with E-state index in [4.69, 9.17) is 5.11 Å². The van der Waals surface area contributed by atoms with Crippen LogP contribution in [0.1, 0.15) is 24.9 Å². The predicted octanol–water partition coefficient (Wildman–Crippen LogP) is 0.854. The molecule has 56 valence electrons. The highest BCUT2D eigenvalue weighted by molar-refractivity contribution is 4.99. The molecule has 0 aliphatic carbocycles. The summed E-state index contributed by atoms with van der Waals surface area (Å²) in [4.78, 5) is 7.10. The molecule has 3 nitrogen and oxygen atoms in total. The topological polar surface area (TPSA) is 48.9 Å². The highest BCUT2D eigenvalue weighted by Gasteiger charge is 1.96. The molecule has 1 rings (SSSR count). The summed E-state index contributed by atoms with van der Waals surface area (Å²) in [5.41, 5.74) is 0.725. The Hall–Kier alpha value is -0.830. The fraction of sp³-hybridized carbons (Fsp3) is 0.571. The molecule has 0 spiro atoms. The molecule has 1 aromatic heterocycles. The number of aliphatic hydroxyl groups excluding tert-OH is 1. The highest BCUT2D eigenvalue weighted by Crippen LogP contribution is 1.98. The minimum Gasteiger partial charge on any atom is -0.390 e. The molecule has 10 heavy (non-hydrogen) atoms. The van der Waals surface area contributed by atoms with E-state index in [2.05, 4.69) is 16.9 Å². The van der Waals surface area contributed by atoms with Gasteiger partial charge in [-0.3, -0.25) is 0 Å². The lowest BCUT2D eigenvalue weighted by Gasteiger charge is -1.87. The molecular weight excluding hydrogens is 128 g/mol. The molecule has 0 aromatic carbocycles. The third-order valence-electron chi connectivity index (χ3n) is 1.33. The Labute approximate surface area is 60.1 Å². The zero-order valence-corrected chi connectivity index (χ0v) is 6.09. The molecule has 0 fully saturated rings. The van der Waals surface area contributed by atoms with Gasteiger partial charge in [0.05, 0.1) is 12.3 Å². The number of imidazole rings is 1. The first-order chi connectivity index (χ1) is 4.86. The minimum absolute atomic E-state index is 0.0280. The number of aryl methyl sites for hydroxylation is 1. The van der Waals surface area contributed by atoms with Gasteiger partial charge in [-0.25, -0.2) is 4.98 Å². The van der Waals surface area contributed by atoms with Crippen LogP contribution < -0.4 is 0 Å². The Balaban J connectivity index is 2.59. The largest absolute Gasteiger partial charge is 0.390 e. The normalized spacial score (nSPS) is 10.2. The Morgan fingerprint density at radius 1 is 1.70 bits per heavy atom. The van der Waals surface area contributed by atoms with Crippen LogP contribution in [-0.4, -0.2) is 15.1 Å². The third kappa shape index (κ3) is 1.57. The van der Waals surface area contributed by atoms with Crippen LogP contribution in [0.5, 0.6) is 0 Å². The van der Waals surface area contributed by atoms with E-state index in [9.17, 15) is 0 Å². The lowest BCUT2D eigenvalue weighted by molar-refractivity contribution is 0.277. The van der Waals surface area contributed by atoms with E-state index in [1.165, 1.54) is 0 Å². The average Bonchev–Trinajstić information content (AvgIpc) is 2.37. The van der Waals surface area contributed by atoms with E-state index < -0.39 is 0 Å². The van der Waals surface area contributed by atoms with Gasteiger partial charge in [-0.15, -0.1) is 0 Å². The maximum absolute atomic E-state index is 8.64. The first kappa shape index (κ1) is 7.28. The molecule has 0 atom stereocenters. The average molecular weight is 140 g/mol. The van der Waals surface area contributed by atoms with Gasteiger partial charge in [0.25, 0.3) is 0 Å². The van der Waals surface area contributed by atoms with Crippen LogP contribution in [0, 0.1) is 0 Å². The number of nitrogens with one attached hydrogen (secondary N) is 1. The Kier molecular flexibility index (Phi) is 2.45. The van der Waals surface area contributed by atoms with Gasteiger partial charge in [0.15, 0.2) is 0 Å². The molecule has 0 unspecified atom stereocenters. The van der Waals surface area contributed by atoms with E-state index >= 15 is 0 Å². The van der Waals surface area contributed by atoms with Crippen LogP contribution >= 0.6 is 0 Å². The van der Waals surface area contributed by atoms with Crippen LogP contribution in [0.4, 0.5) is 0 Å². The zero-order chi connectivity index (χ0) is 7.40. The molecule has 2 N–H and O–H groups in total. The first-order valence-corrected chi connectivity index (χ1v) is 3.51. The molecule has 0 bridgehead atoms. The molecule has 0 amide bonds. The summed E-state index contributed by atoms with van der Waals surface area (Å²) in [5, 5.41) is 8.64. The number of aromatic nitrogens is 2. The monoisotopic (exact) mass is 140 g/mol. The second-order valence-corrected chi connectivity index (χ2v) is 2.25. The second-order valence-electron chi connectivity index (χ2n) is 2.25. The third-order valence-corrected chi connectivity index (χ3v) is 1.33. The second kappa shape index (κ2) is 3.37. The molecule has 0 saturated carbocycles. The van der Waals surface area contributed by atoms with Gasteiger partial charge in [0, 0.05) is 12.6 Å². The maximum Gasteiger partial charge on any atom is 0.106 e. The molecule has 3 heteroatoms. The van der Waals surface area contributed by atoms with Crippen molar-refractivity contribution in [2.24, 2.45) is 0 Å². The number of aromatic amines is 1. The van der Waals surface area contributed by atoms with Gasteiger partial charge in [-0.05, 0) is 6.42 Å². The van der Waals surface area contributed by atoms with Crippen molar-refractivity contribution < 1.29 is 5.11 Å². The number of aliphatic hydroxyl groups is 1. The van der Waals surface area contributed by atoms with Crippen molar-refractivity contribution in [1.29, 1.82) is 0 Å². The first-order valence-electron chi connectivity index (χ1n) is 3.51. The van der Waals surface area contributed by atoms with Crippen molar-refractivity contribution in [3.63, 3.8) is 0 Å². The van der Waals surface area contributed by atoms with Crippen LogP contribution in [-0.2, 0) is 13.0 Å². The van der Waals surface area contributed by atoms with Gasteiger partial charge in [0.1, 0.15) is 5.82 Å². The summed E-state index contributed by atoms with van der Waals surface area (Å²) in [7, 11) is 0. The number of hydrogen-bond donors (Lipinski definition) is 2. The highest BCUT2D eigenvalue weighted by atomic mass is 16.3. The molecule has 0 radical (unpaired) electrons.